The van der Waals surface area contributed by atoms with Crippen LogP contribution < -0.4 is 5.73 Å². The minimum absolute atomic E-state index is 0.0675. The molecule has 3 heteroatoms. The molecule has 0 fully saturated rings. The predicted octanol–water partition coefficient (Wildman–Crippen LogP) is 1.39. The van der Waals surface area contributed by atoms with Crippen LogP contribution in [0.15, 0.2) is 24.4 Å². The normalized spacial score (nSPS) is 12.5. The Hall–Kier alpha value is -1.22. The number of carbonyl (C=O) groups is 1. The first kappa shape index (κ1) is 9.86. The van der Waals surface area contributed by atoms with E-state index in [0.717, 1.165) is 6.42 Å². The molecule has 70 valence electrons. The van der Waals surface area contributed by atoms with Crippen molar-refractivity contribution in [2.45, 2.75) is 25.8 Å². The van der Waals surface area contributed by atoms with Crippen molar-refractivity contribution in [2.75, 3.05) is 0 Å². The van der Waals surface area contributed by atoms with Crippen LogP contribution in [0.5, 0.6) is 0 Å². The summed E-state index contributed by atoms with van der Waals surface area (Å²) in [7, 11) is 0. The second kappa shape index (κ2) is 4.72. The maximum atomic E-state index is 11.4. The Balaban J connectivity index is 2.50. The summed E-state index contributed by atoms with van der Waals surface area (Å²) in [5.74, 6) is 0.0675. The van der Waals surface area contributed by atoms with Crippen LogP contribution in [0.1, 0.15) is 30.3 Å². The highest BCUT2D eigenvalue weighted by atomic mass is 16.1. The zero-order valence-electron chi connectivity index (χ0n) is 7.73. The molecule has 13 heavy (non-hydrogen) atoms. The van der Waals surface area contributed by atoms with Gasteiger partial charge in [-0.2, -0.15) is 0 Å². The third-order valence-electron chi connectivity index (χ3n) is 1.78. The fourth-order valence-corrected chi connectivity index (χ4v) is 1.01. The molecule has 1 rings (SSSR count). The van der Waals surface area contributed by atoms with Crippen LogP contribution in [-0.4, -0.2) is 16.8 Å². The number of hydrogen-bond donors (Lipinski definition) is 1. The SMILES string of the molecule is CC(N)CCC(=O)c1ccccn1. The fraction of sp³-hybridized carbons (Fsp3) is 0.400. The van der Waals surface area contributed by atoms with E-state index in [1.54, 1.807) is 18.3 Å². The highest BCUT2D eigenvalue weighted by Gasteiger charge is 2.06. The Bertz CT molecular complexity index is 270. The van der Waals surface area contributed by atoms with E-state index in [1.807, 2.05) is 13.0 Å². The number of pyridine rings is 1. The maximum Gasteiger partial charge on any atom is 0.181 e. The number of rotatable bonds is 4. The maximum absolute atomic E-state index is 11.4. The summed E-state index contributed by atoms with van der Waals surface area (Å²) in [4.78, 5) is 15.4. The molecule has 0 radical (unpaired) electrons. The standard InChI is InChI=1S/C10H14N2O/c1-8(11)5-6-10(13)9-4-2-3-7-12-9/h2-4,7-8H,5-6,11H2,1H3. The monoisotopic (exact) mass is 178 g/mol. The lowest BCUT2D eigenvalue weighted by Crippen LogP contribution is -2.16. The third-order valence-corrected chi connectivity index (χ3v) is 1.78. The molecule has 0 saturated carbocycles. The molecule has 0 amide bonds. The molecule has 0 bridgehead atoms. The average Bonchev–Trinajstić information content (AvgIpc) is 2.15. The van der Waals surface area contributed by atoms with Gasteiger partial charge in [0.25, 0.3) is 0 Å². The quantitative estimate of drug-likeness (QED) is 0.709. The average molecular weight is 178 g/mol. The number of aromatic nitrogens is 1. The van der Waals surface area contributed by atoms with Crippen molar-refractivity contribution in [1.29, 1.82) is 0 Å². The molecule has 0 saturated heterocycles. The molecular weight excluding hydrogens is 164 g/mol. The molecule has 1 atom stereocenters. The van der Waals surface area contributed by atoms with Crippen molar-refractivity contribution in [3.05, 3.63) is 30.1 Å². The highest BCUT2D eigenvalue weighted by molar-refractivity contribution is 5.94. The molecule has 1 heterocycles. The van der Waals surface area contributed by atoms with Gasteiger partial charge in [-0.05, 0) is 25.5 Å². The zero-order chi connectivity index (χ0) is 9.68. The van der Waals surface area contributed by atoms with Crippen molar-refractivity contribution in [3.8, 4) is 0 Å². The van der Waals surface area contributed by atoms with Gasteiger partial charge in [-0.3, -0.25) is 9.78 Å². The zero-order valence-corrected chi connectivity index (χ0v) is 7.73. The van der Waals surface area contributed by atoms with E-state index >= 15 is 0 Å². The van der Waals surface area contributed by atoms with Gasteiger partial charge in [0.15, 0.2) is 5.78 Å². The molecule has 0 spiro atoms. The van der Waals surface area contributed by atoms with Crippen LogP contribution in [0.3, 0.4) is 0 Å². The van der Waals surface area contributed by atoms with Crippen molar-refractivity contribution in [1.82, 2.24) is 4.98 Å². The van der Waals surface area contributed by atoms with Gasteiger partial charge in [-0.15, -0.1) is 0 Å². The van der Waals surface area contributed by atoms with Crippen molar-refractivity contribution in [3.63, 3.8) is 0 Å². The molecule has 0 aliphatic carbocycles. The number of nitrogens with two attached hydrogens (primary N) is 1. The Kier molecular flexibility index (Phi) is 3.58. The third kappa shape index (κ3) is 3.34. The topological polar surface area (TPSA) is 56.0 Å². The van der Waals surface area contributed by atoms with Gasteiger partial charge < -0.3 is 5.73 Å². The molecule has 2 N–H and O–H groups in total. The molecule has 1 unspecified atom stereocenters. The molecule has 1 aromatic heterocycles. The van der Waals surface area contributed by atoms with Crippen molar-refractivity contribution >= 4 is 5.78 Å². The number of Topliss-reactive ketones (excluding diaryl/α,β-unsaturated/α-hetero) is 1. The minimum atomic E-state index is 0.0675. The van der Waals surface area contributed by atoms with Crippen LogP contribution in [0, 0.1) is 0 Å². The van der Waals surface area contributed by atoms with Crippen LogP contribution >= 0.6 is 0 Å². The van der Waals surface area contributed by atoms with Gasteiger partial charge in [0.05, 0.1) is 0 Å². The molecule has 0 aliphatic heterocycles. The summed E-state index contributed by atoms with van der Waals surface area (Å²) in [6.07, 6.45) is 2.82. The van der Waals surface area contributed by atoms with Gasteiger partial charge in [-0.25, -0.2) is 0 Å². The number of ketones is 1. The summed E-state index contributed by atoms with van der Waals surface area (Å²) in [6.45, 7) is 1.89. The lowest BCUT2D eigenvalue weighted by Gasteiger charge is -2.02. The fourth-order valence-electron chi connectivity index (χ4n) is 1.01. The van der Waals surface area contributed by atoms with E-state index in [2.05, 4.69) is 4.98 Å². The van der Waals surface area contributed by atoms with Gasteiger partial charge in [-0.1, -0.05) is 6.07 Å². The Morgan fingerprint density at radius 1 is 1.62 bits per heavy atom. The first-order valence-electron chi connectivity index (χ1n) is 4.40. The van der Waals surface area contributed by atoms with E-state index in [9.17, 15) is 4.79 Å². The highest BCUT2D eigenvalue weighted by Crippen LogP contribution is 2.02. The Morgan fingerprint density at radius 3 is 2.92 bits per heavy atom. The van der Waals surface area contributed by atoms with E-state index in [-0.39, 0.29) is 11.8 Å². The second-order valence-electron chi connectivity index (χ2n) is 3.15. The van der Waals surface area contributed by atoms with Crippen LogP contribution in [-0.2, 0) is 0 Å². The van der Waals surface area contributed by atoms with E-state index < -0.39 is 0 Å². The molecule has 0 aromatic carbocycles. The number of hydrogen-bond acceptors (Lipinski definition) is 3. The Morgan fingerprint density at radius 2 is 2.38 bits per heavy atom. The summed E-state index contributed by atoms with van der Waals surface area (Å²) >= 11 is 0. The van der Waals surface area contributed by atoms with Gasteiger partial charge in [0.1, 0.15) is 5.69 Å². The van der Waals surface area contributed by atoms with Gasteiger partial charge in [0, 0.05) is 18.7 Å². The molecule has 3 nitrogen and oxygen atoms in total. The van der Waals surface area contributed by atoms with Crippen molar-refractivity contribution < 1.29 is 4.79 Å². The van der Waals surface area contributed by atoms with Gasteiger partial charge >= 0.3 is 0 Å². The molecular formula is C10H14N2O. The van der Waals surface area contributed by atoms with E-state index in [4.69, 9.17) is 5.73 Å². The molecule has 0 aliphatic rings. The van der Waals surface area contributed by atoms with Crippen LogP contribution in [0.25, 0.3) is 0 Å². The summed E-state index contributed by atoms with van der Waals surface area (Å²) in [5.41, 5.74) is 6.08. The molecule has 1 aromatic rings. The number of nitrogens with zero attached hydrogens (tertiary/aromatic N) is 1. The first-order valence-corrected chi connectivity index (χ1v) is 4.40. The lowest BCUT2D eigenvalue weighted by atomic mass is 10.1. The summed E-state index contributed by atoms with van der Waals surface area (Å²) in [5, 5.41) is 0. The minimum Gasteiger partial charge on any atom is -0.328 e. The number of carbonyl (C=O) groups excluding carboxylic acids is 1. The van der Waals surface area contributed by atoms with E-state index in [1.165, 1.54) is 0 Å². The summed E-state index contributed by atoms with van der Waals surface area (Å²) < 4.78 is 0. The van der Waals surface area contributed by atoms with Crippen LogP contribution in [0.2, 0.25) is 0 Å². The van der Waals surface area contributed by atoms with Gasteiger partial charge in [0.2, 0.25) is 0 Å². The first-order chi connectivity index (χ1) is 6.20. The van der Waals surface area contributed by atoms with Crippen LogP contribution in [0.4, 0.5) is 0 Å². The second-order valence-corrected chi connectivity index (χ2v) is 3.15. The lowest BCUT2D eigenvalue weighted by molar-refractivity contribution is 0.0973. The summed E-state index contributed by atoms with van der Waals surface area (Å²) in [6, 6.07) is 5.41. The largest absolute Gasteiger partial charge is 0.328 e. The van der Waals surface area contributed by atoms with E-state index in [0.29, 0.717) is 12.1 Å². The van der Waals surface area contributed by atoms with Crippen molar-refractivity contribution in [2.24, 2.45) is 5.73 Å². The smallest absolute Gasteiger partial charge is 0.181 e. The Labute approximate surface area is 78.0 Å². The predicted molar refractivity (Wildman–Crippen MR) is 51.5 cm³/mol.